The van der Waals surface area contributed by atoms with Gasteiger partial charge in [-0.2, -0.15) is 22.7 Å². The van der Waals surface area contributed by atoms with Gasteiger partial charge >= 0.3 is 6.18 Å². The second-order valence-electron chi connectivity index (χ2n) is 5.42. The van der Waals surface area contributed by atoms with Crippen LogP contribution in [0.1, 0.15) is 23.0 Å². The molecule has 0 spiro atoms. The van der Waals surface area contributed by atoms with Crippen LogP contribution in [0.3, 0.4) is 0 Å². The molecule has 3 heterocycles. The molecule has 1 unspecified atom stereocenters. The number of amides is 1. The number of carbonyl (C=O) groups is 1. The summed E-state index contributed by atoms with van der Waals surface area (Å²) < 4.78 is 57.1. The van der Waals surface area contributed by atoms with Gasteiger partial charge in [0, 0.05) is 11.8 Å². The minimum Gasteiger partial charge on any atom is -0.429 e. The van der Waals surface area contributed by atoms with E-state index in [0.29, 0.717) is 5.69 Å². The predicted octanol–water partition coefficient (Wildman–Crippen LogP) is 3.12. The van der Waals surface area contributed by atoms with E-state index >= 15 is 0 Å². The molecule has 0 radical (unpaired) electrons. The summed E-state index contributed by atoms with van der Waals surface area (Å²) in [6.07, 6.45) is -3.45. The fraction of sp³-hybridized carbons (Fsp3) is 0.267. The average molecular weight is 356 g/mol. The molecule has 132 valence electrons. The van der Waals surface area contributed by atoms with Gasteiger partial charge in [0.05, 0.1) is 6.20 Å². The Balaban J connectivity index is 2.02. The second kappa shape index (κ2) is 5.87. The van der Waals surface area contributed by atoms with Crippen LogP contribution in [0.5, 0.6) is 0 Å². The molecule has 10 heteroatoms. The van der Waals surface area contributed by atoms with Crippen molar-refractivity contribution < 1.29 is 26.8 Å². The topological polar surface area (TPSA) is 72.4 Å². The van der Waals surface area contributed by atoms with Crippen LogP contribution >= 0.6 is 0 Å². The third-order valence-electron chi connectivity index (χ3n) is 3.56. The summed E-state index contributed by atoms with van der Waals surface area (Å²) >= 11 is 0. The van der Waals surface area contributed by atoms with Crippen molar-refractivity contribution in [3.63, 3.8) is 0 Å². The second-order valence-corrected chi connectivity index (χ2v) is 5.42. The van der Waals surface area contributed by atoms with Gasteiger partial charge in [0.15, 0.2) is 11.4 Å². The zero-order chi connectivity index (χ0) is 18.4. The lowest BCUT2D eigenvalue weighted by atomic mass is 10.2. The Bertz CT molecular complexity index is 945. The normalized spacial score (nSPS) is 13.2. The molecule has 0 bridgehead atoms. The third kappa shape index (κ3) is 3.19. The van der Waals surface area contributed by atoms with Gasteiger partial charge < -0.3 is 9.73 Å². The van der Waals surface area contributed by atoms with E-state index in [2.05, 4.69) is 10.1 Å². The zero-order valence-electron chi connectivity index (χ0n) is 13.1. The maximum Gasteiger partial charge on any atom is 0.408 e. The minimum absolute atomic E-state index is 0.0404. The van der Waals surface area contributed by atoms with Crippen molar-refractivity contribution in [1.29, 1.82) is 0 Å². The van der Waals surface area contributed by atoms with Crippen LogP contribution in [0, 0.1) is 12.9 Å². The number of aromatic nitrogens is 3. The summed E-state index contributed by atoms with van der Waals surface area (Å²) in [5, 5.41) is 5.81. The maximum atomic E-state index is 13.0. The molecule has 3 aromatic heterocycles. The smallest absolute Gasteiger partial charge is 0.408 e. The Hall–Kier alpha value is -2.91. The quantitative estimate of drug-likeness (QED) is 0.732. The summed E-state index contributed by atoms with van der Waals surface area (Å²) in [6.45, 7) is 2.49. The first-order chi connectivity index (χ1) is 11.7. The monoisotopic (exact) mass is 356 g/mol. The van der Waals surface area contributed by atoms with Crippen LogP contribution in [0.4, 0.5) is 17.6 Å². The van der Waals surface area contributed by atoms with Crippen LogP contribution in [-0.2, 0) is 0 Å². The number of furan rings is 1. The highest BCUT2D eigenvalue weighted by molar-refractivity contribution is 6.00. The number of nitrogens with one attached hydrogen (secondary N) is 1. The number of hydrogen-bond donors (Lipinski definition) is 1. The molecule has 3 rings (SSSR count). The number of rotatable bonds is 3. The average Bonchev–Trinajstić information content (AvgIpc) is 3.12. The fourth-order valence-electron chi connectivity index (χ4n) is 2.21. The van der Waals surface area contributed by atoms with E-state index in [0.717, 1.165) is 19.2 Å². The summed E-state index contributed by atoms with van der Waals surface area (Å²) in [5.41, 5.74) is 0.679. The molecule has 0 aliphatic carbocycles. The number of carbonyl (C=O) groups excluding carboxylic acids is 1. The number of aryl methyl sites for hydroxylation is 1. The van der Waals surface area contributed by atoms with Gasteiger partial charge in [0.2, 0.25) is 0 Å². The van der Waals surface area contributed by atoms with Gasteiger partial charge in [0.1, 0.15) is 17.3 Å². The highest BCUT2D eigenvalue weighted by Gasteiger charge is 2.37. The number of halogens is 4. The van der Waals surface area contributed by atoms with Crippen molar-refractivity contribution >= 4 is 11.6 Å². The Kier molecular flexibility index (Phi) is 3.97. The lowest BCUT2D eigenvalue weighted by Crippen LogP contribution is -2.43. The summed E-state index contributed by atoms with van der Waals surface area (Å²) in [4.78, 5) is 16.3. The van der Waals surface area contributed by atoms with Gasteiger partial charge in [0.25, 0.3) is 11.9 Å². The van der Waals surface area contributed by atoms with E-state index in [4.69, 9.17) is 4.42 Å². The number of hydrogen-bond acceptors (Lipinski definition) is 4. The lowest BCUT2D eigenvalue weighted by Gasteiger charge is -2.16. The maximum absolute atomic E-state index is 13.0. The zero-order valence-corrected chi connectivity index (χ0v) is 13.1. The first kappa shape index (κ1) is 16.9. The number of nitrogens with zero attached hydrogens (tertiary/aromatic N) is 3. The molecule has 1 amide bonds. The first-order valence-corrected chi connectivity index (χ1v) is 7.15. The molecule has 3 aromatic rings. The summed E-state index contributed by atoms with van der Waals surface area (Å²) in [7, 11) is 0. The van der Waals surface area contributed by atoms with Crippen LogP contribution < -0.4 is 5.32 Å². The first-order valence-electron chi connectivity index (χ1n) is 7.15. The molecule has 0 saturated carbocycles. The molecular formula is C15H12F4N4O2. The van der Waals surface area contributed by atoms with E-state index < -0.39 is 24.1 Å². The third-order valence-corrected chi connectivity index (χ3v) is 3.56. The van der Waals surface area contributed by atoms with E-state index in [1.165, 1.54) is 10.6 Å². The van der Waals surface area contributed by atoms with E-state index in [1.807, 2.05) is 5.32 Å². The highest BCUT2D eigenvalue weighted by atomic mass is 19.4. The van der Waals surface area contributed by atoms with Gasteiger partial charge in [-0.3, -0.25) is 4.79 Å². The molecule has 0 aromatic carbocycles. The Morgan fingerprint density at radius 2 is 2.08 bits per heavy atom. The summed E-state index contributed by atoms with van der Waals surface area (Å²) in [6, 6.07) is 1.18. The van der Waals surface area contributed by atoms with Gasteiger partial charge in [-0.15, -0.1) is 0 Å². The minimum atomic E-state index is -4.57. The lowest BCUT2D eigenvalue weighted by molar-refractivity contribution is -0.149. The van der Waals surface area contributed by atoms with Gasteiger partial charge in [-0.1, -0.05) is 0 Å². The van der Waals surface area contributed by atoms with Crippen LogP contribution in [0.2, 0.25) is 0 Å². The van der Waals surface area contributed by atoms with Crippen molar-refractivity contribution in [3.05, 3.63) is 41.7 Å². The standard InChI is InChI=1S/C15H12F4N4O2/c1-7-5-10(11-3-4-12(16)25-11)22-13-9(6-20-23(7)13)14(24)21-8(2)15(17,18)19/h3-6,8H,1-2H3,(H,21,24). The molecular weight excluding hydrogens is 344 g/mol. The van der Waals surface area contributed by atoms with Crippen LogP contribution in [-0.4, -0.2) is 32.7 Å². The van der Waals surface area contributed by atoms with E-state index in [9.17, 15) is 22.4 Å². The largest absolute Gasteiger partial charge is 0.429 e. The van der Waals surface area contributed by atoms with Crippen molar-refractivity contribution in [2.45, 2.75) is 26.1 Å². The van der Waals surface area contributed by atoms with E-state index in [1.54, 1.807) is 13.0 Å². The molecule has 0 aliphatic rings. The van der Waals surface area contributed by atoms with Crippen molar-refractivity contribution in [3.8, 4) is 11.5 Å². The van der Waals surface area contributed by atoms with Gasteiger partial charge in [-0.25, -0.2) is 9.50 Å². The molecule has 25 heavy (non-hydrogen) atoms. The van der Waals surface area contributed by atoms with Gasteiger partial charge in [-0.05, 0) is 26.0 Å². The number of alkyl halides is 3. The molecule has 1 atom stereocenters. The van der Waals surface area contributed by atoms with Crippen molar-refractivity contribution in [2.24, 2.45) is 0 Å². The molecule has 0 saturated heterocycles. The predicted molar refractivity (Wildman–Crippen MR) is 78.4 cm³/mol. The summed E-state index contributed by atoms with van der Waals surface area (Å²) in [5.74, 6) is -0.839. The van der Waals surface area contributed by atoms with Crippen molar-refractivity contribution in [1.82, 2.24) is 19.9 Å². The molecule has 6 nitrogen and oxygen atoms in total. The molecule has 0 fully saturated rings. The Labute approximate surface area is 138 Å². The molecule has 0 aliphatic heterocycles. The SMILES string of the molecule is Cc1cc(-c2ccc(F)o2)nc2c(C(=O)NC(C)C(F)(F)F)cnn12. The highest BCUT2D eigenvalue weighted by Crippen LogP contribution is 2.24. The fourth-order valence-corrected chi connectivity index (χ4v) is 2.21. The van der Waals surface area contributed by atoms with Crippen LogP contribution in [0.25, 0.3) is 17.1 Å². The molecule has 1 N–H and O–H groups in total. The van der Waals surface area contributed by atoms with Crippen LogP contribution in [0.15, 0.2) is 28.8 Å². The Morgan fingerprint density at radius 3 is 2.68 bits per heavy atom. The Morgan fingerprint density at radius 1 is 1.36 bits per heavy atom. The van der Waals surface area contributed by atoms with Crippen molar-refractivity contribution in [2.75, 3.05) is 0 Å². The van der Waals surface area contributed by atoms with E-state index in [-0.39, 0.29) is 22.7 Å². The number of fused-ring (bicyclic) bond motifs is 1.